The van der Waals surface area contributed by atoms with Gasteiger partial charge in [0.2, 0.25) is 0 Å². The zero-order valence-electron chi connectivity index (χ0n) is 11.2. The van der Waals surface area contributed by atoms with Crippen molar-refractivity contribution < 1.29 is 9.53 Å². The summed E-state index contributed by atoms with van der Waals surface area (Å²) in [5.41, 5.74) is 1.63. The number of carbonyl (C=O) groups excluding carboxylic acids is 1. The first-order valence-electron chi connectivity index (χ1n) is 6.23. The largest absolute Gasteiger partial charge is 0.456 e. The van der Waals surface area contributed by atoms with E-state index in [-0.39, 0.29) is 0 Å². The van der Waals surface area contributed by atoms with Gasteiger partial charge in [-0.15, -0.1) is 0 Å². The van der Waals surface area contributed by atoms with E-state index in [2.05, 4.69) is 45.7 Å². The van der Waals surface area contributed by atoms with Crippen molar-refractivity contribution >= 4 is 38.1 Å². The summed E-state index contributed by atoms with van der Waals surface area (Å²) in [6.07, 6.45) is 0.801. The number of hydrogen-bond acceptors (Lipinski definition) is 2. The van der Waals surface area contributed by atoms with Gasteiger partial charge in [0, 0.05) is 8.95 Å². The summed E-state index contributed by atoms with van der Waals surface area (Å²) in [5.74, 6) is 1.65. The lowest BCUT2D eigenvalue weighted by Gasteiger charge is -2.15. The van der Waals surface area contributed by atoms with Crippen LogP contribution in [0.5, 0.6) is 11.5 Å². The van der Waals surface area contributed by atoms with E-state index in [0.717, 1.165) is 26.5 Å². The van der Waals surface area contributed by atoms with Crippen molar-refractivity contribution in [3.8, 4) is 11.5 Å². The molecule has 4 heteroatoms. The third-order valence-electron chi connectivity index (χ3n) is 2.92. The molecule has 0 aliphatic rings. The van der Waals surface area contributed by atoms with Crippen LogP contribution in [0.2, 0.25) is 0 Å². The molecule has 0 bridgehead atoms. The lowest BCUT2D eigenvalue weighted by atomic mass is 10.0. The summed E-state index contributed by atoms with van der Waals surface area (Å²) >= 11 is 6.87. The number of carbonyl (C=O) groups is 1. The second-order valence-corrected chi connectivity index (χ2v) is 6.57. The summed E-state index contributed by atoms with van der Waals surface area (Å²) in [6, 6.07) is 11.2. The van der Waals surface area contributed by atoms with Crippen molar-refractivity contribution in [1.29, 1.82) is 0 Å². The predicted molar refractivity (Wildman–Crippen MR) is 87.8 cm³/mol. The van der Waals surface area contributed by atoms with Gasteiger partial charge in [0.25, 0.3) is 0 Å². The Bertz CT molecular complexity index is 636. The highest BCUT2D eigenvalue weighted by Crippen LogP contribution is 2.34. The predicted octanol–water partition coefficient (Wildman–Crippen LogP) is 5.94. The van der Waals surface area contributed by atoms with Crippen LogP contribution >= 0.6 is 31.9 Å². The number of aldehydes is 1. The molecule has 2 rings (SSSR count). The maximum atomic E-state index is 11.1. The molecule has 0 saturated heterocycles. The van der Waals surface area contributed by atoms with E-state index in [9.17, 15) is 4.79 Å². The third-order valence-corrected chi connectivity index (χ3v) is 3.90. The maximum absolute atomic E-state index is 11.1. The number of halogens is 2. The van der Waals surface area contributed by atoms with Crippen LogP contribution in [0.4, 0.5) is 0 Å². The van der Waals surface area contributed by atoms with Crippen molar-refractivity contribution in [3.63, 3.8) is 0 Å². The summed E-state index contributed by atoms with van der Waals surface area (Å²) in [4.78, 5) is 11.1. The van der Waals surface area contributed by atoms with Crippen molar-refractivity contribution in [2.45, 2.75) is 19.8 Å². The monoisotopic (exact) mass is 396 g/mol. The zero-order valence-corrected chi connectivity index (χ0v) is 14.4. The van der Waals surface area contributed by atoms with E-state index in [1.165, 1.54) is 0 Å². The van der Waals surface area contributed by atoms with Gasteiger partial charge >= 0.3 is 0 Å². The molecule has 104 valence electrons. The van der Waals surface area contributed by atoms with Gasteiger partial charge in [-0.2, -0.15) is 0 Å². The van der Waals surface area contributed by atoms with Gasteiger partial charge in [0.05, 0.1) is 5.56 Å². The molecule has 2 aromatic rings. The van der Waals surface area contributed by atoms with Gasteiger partial charge in [-0.05, 0) is 47.9 Å². The van der Waals surface area contributed by atoms with Crippen LogP contribution in [-0.2, 0) is 0 Å². The quantitative estimate of drug-likeness (QED) is 0.596. The molecule has 0 saturated carbocycles. The molecular formula is C16H14Br2O2. The van der Waals surface area contributed by atoms with E-state index in [0.29, 0.717) is 17.2 Å². The van der Waals surface area contributed by atoms with E-state index in [1.807, 2.05) is 24.3 Å². The highest BCUT2D eigenvalue weighted by molar-refractivity contribution is 9.10. The fourth-order valence-corrected chi connectivity index (χ4v) is 2.59. The molecule has 2 aromatic carbocycles. The van der Waals surface area contributed by atoms with Gasteiger partial charge in [0.1, 0.15) is 11.5 Å². The molecule has 0 aliphatic heterocycles. The minimum Gasteiger partial charge on any atom is -0.456 e. The molecule has 0 fully saturated rings. The van der Waals surface area contributed by atoms with Gasteiger partial charge in [0.15, 0.2) is 6.29 Å². The molecular weight excluding hydrogens is 384 g/mol. The number of benzene rings is 2. The molecule has 0 radical (unpaired) electrons. The Morgan fingerprint density at radius 3 is 2.30 bits per heavy atom. The van der Waals surface area contributed by atoms with Crippen LogP contribution in [0.3, 0.4) is 0 Å². The first-order valence-corrected chi connectivity index (χ1v) is 7.82. The van der Waals surface area contributed by atoms with E-state index in [4.69, 9.17) is 4.74 Å². The number of rotatable bonds is 4. The molecule has 0 amide bonds. The summed E-state index contributed by atoms with van der Waals surface area (Å²) in [5, 5.41) is 0. The molecule has 0 aromatic heterocycles. The molecule has 0 unspecified atom stereocenters. The normalized spacial score (nSPS) is 10.7. The van der Waals surface area contributed by atoms with Crippen LogP contribution in [0.15, 0.2) is 45.3 Å². The number of ether oxygens (including phenoxy) is 1. The molecule has 0 spiro atoms. The van der Waals surface area contributed by atoms with Crippen molar-refractivity contribution in [2.24, 2.45) is 0 Å². The fraction of sp³-hybridized carbons (Fsp3) is 0.188. The lowest BCUT2D eigenvalue weighted by Crippen LogP contribution is -1.96. The van der Waals surface area contributed by atoms with Crippen molar-refractivity contribution in [1.82, 2.24) is 0 Å². The molecule has 0 aliphatic carbocycles. The molecule has 0 atom stereocenters. The first-order chi connectivity index (χ1) is 9.51. The Kier molecular flexibility index (Phi) is 5.00. The van der Waals surface area contributed by atoms with Crippen molar-refractivity contribution in [2.75, 3.05) is 0 Å². The van der Waals surface area contributed by atoms with Crippen LogP contribution in [0, 0.1) is 0 Å². The van der Waals surface area contributed by atoms with Gasteiger partial charge in [-0.25, -0.2) is 0 Å². The average Bonchev–Trinajstić information content (AvgIpc) is 2.41. The van der Waals surface area contributed by atoms with Gasteiger partial charge in [-0.1, -0.05) is 45.7 Å². The summed E-state index contributed by atoms with van der Waals surface area (Å²) < 4.78 is 7.84. The Hall–Kier alpha value is -1.13. The second kappa shape index (κ2) is 6.55. The minimum atomic E-state index is 0.328. The fourth-order valence-electron chi connectivity index (χ4n) is 1.88. The Balaban J connectivity index is 2.44. The van der Waals surface area contributed by atoms with Gasteiger partial charge in [-0.3, -0.25) is 4.79 Å². The third kappa shape index (κ3) is 3.49. The Morgan fingerprint density at radius 2 is 1.65 bits per heavy atom. The van der Waals surface area contributed by atoms with Crippen molar-refractivity contribution in [3.05, 3.63) is 56.5 Å². The van der Waals surface area contributed by atoms with Crippen LogP contribution in [-0.4, -0.2) is 6.29 Å². The first kappa shape index (κ1) is 15.3. The van der Waals surface area contributed by atoms with E-state index >= 15 is 0 Å². The summed E-state index contributed by atoms with van der Waals surface area (Å²) in [6.45, 7) is 4.21. The molecule has 0 heterocycles. The lowest BCUT2D eigenvalue weighted by molar-refractivity contribution is 0.112. The molecule has 2 nitrogen and oxygen atoms in total. The highest BCUT2D eigenvalue weighted by atomic mass is 79.9. The maximum Gasteiger partial charge on any atom is 0.153 e. The Labute approximate surface area is 135 Å². The van der Waals surface area contributed by atoms with Gasteiger partial charge < -0.3 is 4.74 Å². The minimum absolute atomic E-state index is 0.328. The van der Waals surface area contributed by atoms with E-state index in [1.54, 1.807) is 12.1 Å². The average molecular weight is 398 g/mol. The second-order valence-electron chi connectivity index (χ2n) is 4.74. The standard InChI is InChI=1S/C16H14Br2O2/c1-10(2)14-7-12(17)5-6-15(14)20-16-8-13(18)4-3-11(16)9-19/h3-10H,1-2H3. The zero-order chi connectivity index (χ0) is 14.7. The Morgan fingerprint density at radius 1 is 1.00 bits per heavy atom. The van der Waals surface area contributed by atoms with Crippen LogP contribution in [0.25, 0.3) is 0 Å². The SMILES string of the molecule is CC(C)c1cc(Br)ccc1Oc1cc(Br)ccc1C=O. The topological polar surface area (TPSA) is 26.3 Å². The van der Waals surface area contributed by atoms with E-state index < -0.39 is 0 Å². The molecule has 0 N–H and O–H groups in total. The smallest absolute Gasteiger partial charge is 0.153 e. The summed E-state index contributed by atoms with van der Waals surface area (Å²) in [7, 11) is 0. The number of hydrogen-bond donors (Lipinski definition) is 0. The molecule has 20 heavy (non-hydrogen) atoms. The highest BCUT2D eigenvalue weighted by Gasteiger charge is 2.12. The van der Waals surface area contributed by atoms with Crippen LogP contribution < -0.4 is 4.74 Å². The van der Waals surface area contributed by atoms with Crippen LogP contribution in [0.1, 0.15) is 35.7 Å².